The molecule has 0 heterocycles. The number of hydrogen-bond acceptors (Lipinski definition) is 7. The Morgan fingerprint density at radius 3 is 1.60 bits per heavy atom. The smallest absolute Gasteiger partial charge is 0.337 e. The highest BCUT2D eigenvalue weighted by molar-refractivity contribution is 7.90. The Hall–Kier alpha value is -5.81. The van der Waals surface area contributed by atoms with E-state index in [-0.39, 0.29) is 17.9 Å². The van der Waals surface area contributed by atoms with Crippen molar-refractivity contribution in [3.8, 4) is 22.3 Å². The number of methoxy groups -OCH3 is 1. The van der Waals surface area contributed by atoms with Crippen molar-refractivity contribution in [1.29, 1.82) is 0 Å². The minimum Gasteiger partial charge on any atom is -0.481 e. The van der Waals surface area contributed by atoms with Gasteiger partial charge in [0.1, 0.15) is 5.25 Å². The van der Waals surface area contributed by atoms with Gasteiger partial charge in [-0.3, -0.25) is 14.4 Å². The highest BCUT2D eigenvalue weighted by atomic mass is 32.2. The van der Waals surface area contributed by atoms with Crippen LogP contribution in [0.5, 0.6) is 0 Å². The first-order chi connectivity index (χ1) is 22.5. The summed E-state index contributed by atoms with van der Waals surface area (Å²) < 4.78 is 32.6. The summed E-state index contributed by atoms with van der Waals surface area (Å²) in [6.07, 6.45) is 5.57. The maximum atomic E-state index is 12.9. The Morgan fingerprint density at radius 2 is 1.11 bits per heavy atom. The largest absolute Gasteiger partial charge is 0.481 e. The number of carboxylic acid groups (broad SMARTS) is 1. The van der Waals surface area contributed by atoms with Crippen LogP contribution in [-0.2, 0) is 19.6 Å². The predicted octanol–water partition coefficient (Wildman–Crippen LogP) is 5.70. The van der Waals surface area contributed by atoms with Crippen LogP contribution in [0, 0.1) is 5.92 Å². The van der Waals surface area contributed by atoms with E-state index >= 15 is 0 Å². The maximum Gasteiger partial charge on any atom is 0.337 e. The molecule has 4 aromatic rings. The lowest BCUT2D eigenvalue weighted by Crippen LogP contribution is -2.41. The van der Waals surface area contributed by atoms with Gasteiger partial charge in [-0.15, -0.1) is 0 Å². The molecule has 2 atom stereocenters. The molecule has 4 aromatic carbocycles. The van der Waals surface area contributed by atoms with E-state index in [2.05, 4.69) is 10.0 Å². The van der Waals surface area contributed by atoms with Crippen molar-refractivity contribution < 1.29 is 37.4 Å². The van der Waals surface area contributed by atoms with Crippen LogP contribution in [0.15, 0.2) is 121 Å². The summed E-state index contributed by atoms with van der Waals surface area (Å²) in [6.45, 7) is 0. The van der Waals surface area contributed by atoms with Gasteiger partial charge in [0.15, 0.2) is 0 Å². The van der Waals surface area contributed by atoms with Gasteiger partial charge in [0.2, 0.25) is 10.0 Å². The highest BCUT2D eigenvalue weighted by Gasteiger charge is 2.34. The number of amides is 2. The van der Waals surface area contributed by atoms with E-state index in [1.165, 1.54) is 37.5 Å². The number of aliphatic carboxylic acids is 1. The molecule has 10 nitrogen and oxygen atoms in total. The van der Waals surface area contributed by atoms with Crippen molar-refractivity contribution >= 4 is 39.5 Å². The number of benzene rings is 4. The number of hydrogen-bond donors (Lipinski definition) is 3. The van der Waals surface area contributed by atoms with Crippen LogP contribution >= 0.6 is 0 Å². The second-order valence-electron chi connectivity index (χ2n) is 10.7. The Bertz CT molecular complexity index is 1960. The zero-order chi connectivity index (χ0) is 33.6. The molecule has 0 radical (unpaired) electrons. The molecule has 238 valence electrons. The number of ether oxygens (including phenoxy) is 1. The number of esters is 1. The lowest BCUT2D eigenvalue weighted by atomic mass is 9.97. The van der Waals surface area contributed by atoms with Crippen molar-refractivity contribution in [2.45, 2.75) is 11.7 Å². The summed E-state index contributed by atoms with van der Waals surface area (Å²) in [7, 11) is -2.86. The topological polar surface area (TPSA) is 156 Å². The van der Waals surface area contributed by atoms with Gasteiger partial charge in [-0.05, 0) is 70.8 Å². The summed E-state index contributed by atoms with van der Waals surface area (Å²) in [5, 5.41) is 10.8. The number of anilines is 1. The van der Waals surface area contributed by atoms with Crippen LogP contribution in [0.2, 0.25) is 0 Å². The zero-order valence-corrected chi connectivity index (χ0v) is 25.9. The molecule has 0 aromatic heterocycles. The average molecular weight is 651 g/mol. The number of carboxylic acids is 1. The van der Waals surface area contributed by atoms with Gasteiger partial charge in [0.05, 0.1) is 19.1 Å². The zero-order valence-electron chi connectivity index (χ0n) is 25.1. The molecular formula is C36H30N2O8S. The summed E-state index contributed by atoms with van der Waals surface area (Å²) in [6, 6.07) is 27.5. The third kappa shape index (κ3) is 7.89. The summed E-state index contributed by atoms with van der Waals surface area (Å²) in [5.74, 6) is -3.46. The third-order valence-corrected chi connectivity index (χ3v) is 9.30. The summed E-state index contributed by atoms with van der Waals surface area (Å²) in [4.78, 5) is 48.5. The number of nitrogens with one attached hydrogen (secondary N) is 2. The molecule has 2 unspecified atom stereocenters. The Morgan fingerprint density at radius 1 is 0.660 bits per heavy atom. The van der Waals surface area contributed by atoms with Crippen molar-refractivity contribution in [1.82, 2.24) is 4.72 Å². The van der Waals surface area contributed by atoms with Crippen LogP contribution in [-0.4, -0.2) is 49.6 Å². The van der Waals surface area contributed by atoms with E-state index in [0.29, 0.717) is 16.8 Å². The lowest BCUT2D eigenvalue weighted by molar-refractivity contribution is -0.137. The van der Waals surface area contributed by atoms with Crippen LogP contribution in [0.25, 0.3) is 22.3 Å². The van der Waals surface area contributed by atoms with E-state index in [0.717, 1.165) is 22.3 Å². The normalized spacial score (nSPS) is 15.4. The van der Waals surface area contributed by atoms with Gasteiger partial charge >= 0.3 is 11.9 Å². The molecule has 0 bridgehead atoms. The average Bonchev–Trinajstić information content (AvgIpc) is 3.08. The fourth-order valence-electron chi connectivity index (χ4n) is 5.10. The minimum atomic E-state index is -4.19. The monoisotopic (exact) mass is 650 g/mol. The van der Waals surface area contributed by atoms with E-state index < -0.39 is 39.0 Å². The molecule has 3 N–H and O–H groups in total. The number of carbonyl (C=O) groups is 4. The van der Waals surface area contributed by atoms with Crippen LogP contribution in [0.3, 0.4) is 0 Å². The Labute approximate surface area is 271 Å². The Balaban J connectivity index is 1.18. The number of carbonyl (C=O) groups excluding carboxylic acids is 3. The molecule has 0 spiro atoms. The van der Waals surface area contributed by atoms with E-state index in [1.54, 1.807) is 54.6 Å². The first kappa shape index (κ1) is 32.6. The van der Waals surface area contributed by atoms with Crippen LogP contribution < -0.4 is 10.0 Å². The molecule has 0 saturated heterocycles. The highest BCUT2D eigenvalue weighted by Crippen LogP contribution is 2.25. The van der Waals surface area contributed by atoms with E-state index in [9.17, 15) is 27.6 Å². The summed E-state index contributed by atoms with van der Waals surface area (Å²) >= 11 is 0. The van der Waals surface area contributed by atoms with E-state index in [4.69, 9.17) is 9.84 Å². The van der Waals surface area contributed by atoms with Crippen molar-refractivity contribution in [3.05, 3.63) is 138 Å². The van der Waals surface area contributed by atoms with Crippen LogP contribution in [0.4, 0.5) is 5.69 Å². The molecule has 2 amide bonds. The summed E-state index contributed by atoms with van der Waals surface area (Å²) in [5.41, 5.74) is 4.96. The second-order valence-corrected chi connectivity index (χ2v) is 12.6. The van der Waals surface area contributed by atoms with E-state index in [1.807, 2.05) is 36.4 Å². The molecule has 0 fully saturated rings. The fourth-order valence-corrected chi connectivity index (χ4v) is 6.56. The quantitative estimate of drug-likeness (QED) is 0.185. The SMILES string of the molecule is COC(=O)c1ccc(-c2ccc(C(=O)Nc3ccc(-c4ccc(C(=O)NS(=O)(=O)C5C=CC=CC5CC(=O)O)cc4)cc3)cc2)cc1. The molecule has 0 saturated carbocycles. The number of allylic oxidation sites excluding steroid dienone is 3. The first-order valence-electron chi connectivity index (χ1n) is 14.5. The molecule has 11 heteroatoms. The van der Waals surface area contributed by atoms with Gasteiger partial charge in [-0.25, -0.2) is 17.9 Å². The van der Waals surface area contributed by atoms with Gasteiger partial charge in [0, 0.05) is 22.7 Å². The van der Waals surface area contributed by atoms with Crippen molar-refractivity contribution in [2.75, 3.05) is 12.4 Å². The maximum absolute atomic E-state index is 12.9. The van der Waals surface area contributed by atoms with Gasteiger partial charge in [0.25, 0.3) is 11.8 Å². The predicted molar refractivity (Wildman–Crippen MR) is 177 cm³/mol. The number of rotatable bonds is 10. The minimum absolute atomic E-state index is 0.121. The molecule has 47 heavy (non-hydrogen) atoms. The van der Waals surface area contributed by atoms with Crippen molar-refractivity contribution in [3.63, 3.8) is 0 Å². The first-order valence-corrected chi connectivity index (χ1v) is 16.0. The molecule has 0 aliphatic heterocycles. The third-order valence-electron chi connectivity index (χ3n) is 7.61. The molecule has 5 rings (SSSR count). The van der Waals surface area contributed by atoms with Crippen molar-refractivity contribution in [2.24, 2.45) is 5.92 Å². The lowest BCUT2D eigenvalue weighted by Gasteiger charge is -2.23. The van der Waals surface area contributed by atoms with Gasteiger partial charge in [-0.2, -0.15) is 0 Å². The van der Waals surface area contributed by atoms with Gasteiger partial charge < -0.3 is 15.2 Å². The number of sulfonamides is 1. The fraction of sp³-hybridized carbons (Fsp3) is 0.111. The molecular weight excluding hydrogens is 620 g/mol. The van der Waals surface area contributed by atoms with Crippen LogP contribution in [0.1, 0.15) is 37.5 Å². The molecule has 1 aliphatic rings. The standard InChI is InChI=1S/C36H30N2O8S/c1-46-36(43)29-16-10-25(11-17-29)23-6-12-27(13-7-23)34(41)37-31-20-18-26(19-21-31)24-8-14-28(15-9-24)35(42)38-47(44,45)32-5-3-2-4-30(32)22-33(39)40/h2-21,30,32H,22H2,1H3,(H,37,41)(H,38,42)(H,39,40). The Kier molecular flexibility index (Phi) is 9.77. The second kappa shape index (κ2) is 14.1. The molecule has 1 aliphatic carbocycles. The van der Waals surface area contributed by atoms with Gasteiger partial charge in [-0.1, -0.05) is 72.8 Å².